The molecule has 0 aliphatic carbocycles. The van der Waals surface area contributed by atoms with E-state index in [2.05, 4.69) is 13.8 Å². The van der Waals surface area contributed by atoms with Crippen molar-refractivity contribution in [3.63, 3.8) is 0 Å². The number of halogens is 1. The number of nitrogens with zero attached hydrogens (tertiary/aromatic N) is 2. The molecule has 0 fully saturated rings. The Morgan fingerprint density at radius 3 is 2.41 bits per heavy atom. The highest BCUT2D eigenvalue weighted by molar-refractivity contribution is 7.19. The number of benzene rings is 1. The molecule has 0 spiro atoms. The fourth-order valence-corrected chi connectivity index (χ4v) is 4.12. The van der Waals surface area contributed by atoms with Gasteiger partial charge in [-0.1, -0.05) is 56.5 Å². The zero-order valence-electron chi connectivity index (χ0n) is 15.9. The minimum Gasteiger partial charge on any atom is -0.339 e. The lowest BCUT2D eigenvalue weighted by molar-refractivity contribution is 0.0753. The number of thiophene rings is 1. The molecule has 0 radical (unpaired) electrons. The number of aromatic nitrogens is 1. The molecule has 2 heterocycles. The van der Waals surface area contributed by atoms with Crippen molar-refractivity contribution in [1.82, 2.24) is 9.88 Å². The summed E-state index contributed by atoms with van der Waals surface area (Å²) in [5.41, 5.74) is 2.38. The topological polar surface area (TPSA) is 33.2 Å². The van der Waals surface area contributed by atoms with Crippen LogP contribution in [-0.4, -0.2) is 28.9 Å². The SMILES string of the molecule is CCCCN(CCCC)C(=O)c1cc(-c2ccc(Cl)s2)nc2ccccc12. The first kappa shape index (κ1) is 19.8. The number of unbranched alkanes of at least 4 members (excludes halogenated alkanes) is 2. The fourth-order valence-electron chi connectivity index (χ4n) is 3.11. The number of pyridine rings is 1. The van der Waals surface area contributed by atoms with E-state index in [-0.39, 0.29) is 5.91 Å². The van der Waals surface area contributed by atoms with Gasteiger partial charge in [-0.2, -0.15) is 0 Å². The predicted molar refractivity (Wildman–Crippen MR) is 116 cm³/mol. The van der Waals surface area contributed by atoms with E-state index in [1.165, 1.54) is 11.3 Å². The van der Waals surface area contributed by atoms with Crippen molar-refractivity contribution < 1.29 is 4.79 Å². The number of para-hydroxylation sites is 1. The van der Waals surface area contributed by atoms with Crippen LogP contribution in [0.15, 0.2) is 42.5 Å². The smallest absolute Gasteiger partial charge is 0.254 e. The summed E-state index contributed by atoms with van der Waals surface area (Å²) in [5, 5.41) is 0.909. The Hall–Kier alpha value is -1.91. The van der Waals surface area contributed by atoms with Crippen molar-refractivity contribution in [3.05, 3.63) is 52.4 Å². The molecule has 142 valence electrons. The molecule has 0 atom stereocenters. The van der Waals surface area contributed by atoms with Gasteiger partial charge in [0.05, 0.1) is 26.0 Å². The van der Waals surface area contributed by atoms with Gasteiger partial charge in [-0.15, -0.1) is 11.3 Å². The molecule has 3 rings (SSSR count). The second kappa shape index (κ2) is 9.34. The Morgan fingerprint density at radius 2 is 1.78 bits per heavy atom. The average molecular weight is 401 g/mol. The Labute approximate surface area is 170 Å². The van der Waals surface area contributed by atoms with Gasteiger partial charge < -0.3 is 4.90 Å². The van der Waals surface area contributed by atoms with E-state index in [0.717, 1.165) is 70.1 Å². The van der Waals surface area contributed by atoms with Gasteiger partial charge in [0, 0.05) is 18.5 Å². The molecule has 0 N–H and O–H groups in total. The minimum absolute atomic E-state index is 0.0967. The Morgan fingerprint density at radius 1 is 1.07 bits per heavy atom. The van der Waals surface area contributed by atoms with E-state index in [1.807, 2.05) is 47.4 Å². The van der Waals surface area contributed by atoms with E-state index in [4.69, 9.17) is 16.6 Å². The van der Waals surface area contributed by atoms with Gasteiger partial charge in [0.15, 0.2) is 0 Å². The van der Waals surface area contributed by atoms with Gasteiger partial charge in [0.2, 0.25) is 0 Å². The van der Waals surface area contributed by atoms with Gasteiger partial charge in [0.25, 0.3) is 5.91 Å². The maximum absolute atomic E-state index is 13.4. The lowest BCUT2D eigenvalue weighted by atomic mass is 10.1. The summed E-state index contributed by atoms with van der Waals surface area (Å²) in [4.78, 5) is 21.2. The Bertz CT molecular complexity index is 914. The van der Waals surface area contributed by atoms with Crippen LogP contribution in [0.2, 0.25) is 4.34 Å². The Balaban J connectivity index is 2.06. The number of carbonyl (C=O) groups is 1. The maximum Gasteiger partial charge on any atom is 0.254 e. The molecule has 0 aliphatic rings. The van der Waals surface area contributed by atoms with Crippen LogP contribution in [0.25, 0.3) is 21.5 Å². The van der Waals surface area contributed by atoms with Crippen LogP contribution in [-0.2, 0) is 0 Å². The van der Waals surface area contributed by atoms with Gasteiger partial charge in [0.1, 0.15) is 0 Å². The zero-order chi connectivity index (χ0) is 19.2. The summed E-state index contributed by atoms with van der Waals surface area (Å²) in [6.45, 7) is 5.91. The first-order valence-corrected chi connectivity index (χ1v) is 10.8. The van der Waals surface area contributed by atoms with E-state index in [9.17, 15) is 4.79 Å². The summed E-state index contributed by atoms with van der Waals surface area (Å²) in [6, 6.07) is 13.6. The largest absolute Gasteiger partial charge is 0.339 e. The van der Waals surface area contributed by atoms with Crippen molar-refractivity contribution in [3.8, 4) is 10.6 Å². The molecular weight excluding hydrogens is 376 g/mol. The quantitative estimate of drug-likeness (QED) is 0.423. The normalized spacial score (nSPS) is 11.1. The standard InChI is InChI=1S/C22H25ClN2OS/c1-3-5-13-25(14-6-4-2)22(26)17-15-19(20-11-12-21(23)27-20)24-18-10-8-7-9-16(17)18/h7-12,15H,3-6,13-14H2,1-2H3. The summed E-state index contributed by atoms with van der Waals surface area (Å²) < 4.78 is 0.723. The molecule has 1 aromatic carbocycles. The van der Waals surface area contributed by atoms with E-state index < -0.39 is 0 Å². The number of hydrogen-bond donors (Lipinski definition) is 0. The van der Waals surface area contributed by atoms with Gasteiger partial charge in [-0.05, 0) is 37.1 Å². The first-order chi connectivity index (χ1) is 13.1. The molecule has 0 saturated heterocycles. The number of rotatable bonds is 8. The number of amides is 1. The molecule has 0 unspecified atom stereocenters. The molecule has 1 amide bonds. The van der Waals surface area contributed by atoms with Crippen LogP contribution < -0.4 is 0 Å². The third kappa shape index (κ3) is 4.69. The fraction of sp³-hybridized carbons (Fsp3) is 0.364. The van der Waals surface area contributed by atoms with Gasteiger partial charge in [-0.25, -0.2) is 4.98 Å². The lowest BCUT2D eigenvalue weighted by Gasteiger charge is -2.23. The Kier molecular flexibility index (Phi) is 6.86. The van der Waals surface area contributed by atoms with Crippen LogP contribution in [0.3, 0.4) is 0 Å². The predicted octanol–water partition coefficient (Wildman–Crippen LogP) is 6.66. The zero-order valence-corrected chi connectivity index (χ0v) is 17.4. The van der Waals surface area contributed by atoms with Crippen LogP contribution >= 0.6 is 22.9 Å². The van der Waals surface area contributed by atoms with Gasteiger partial charge in [-0.3, -0.25) is 4.79 Å². The van der Waals surface area contributed by atoms with E-state index >= 15 is 0 Å². The molecule has 2 aromatic heterocycles. The molecule has 3 aromatic rings. The summed E-state index contributed by atoms with van der Waals surface area (Å²) in [5.74, 6) is 0.0967. The minimum atomic E-state index is 0.0967. The summed E-state index contributed by atoms with van der Waals surface area (Å²) in [7, 11) is 0. The molecule has 3 nitrogen and oxygen atoms in total. The van der Waals surface area contributed by atoms with Crippen molar-refractivity contribution in [2.75, 3.05) is 13.1 Å². The van der Waals surface area contributed by atoms with Crippen molar-refractivity contribution in [1.29, 1.82) is 0 Å². The second-order valence-electron chi connectivity index (χ2n) is 6.68. The maximum atomic E-state index is 13.4. The first-order valence-electron chi connectivity index (χ1n) is 9.58. The average Bonchev–Trinajstić information content (AvgIpc) is 3.13. The molecule has 27 heavy (non-hydrogen) atoms. The van der Waals surface area contributed by atoms with Crippen LogP contribution in [0.4, 0.5) is 0 Å². The van der Waals surface area contributed by atoms with Crippen LogP contribution in [0.1, 0.15) is 49.9 Å². The number of hydrogen-bond acceptors (Lipinski definition) is 3. The van der Waals surface area contributed by atoms with E-state index in [1.54, 1.807) is 0 Å². The molecule has 0 saturated carbocycles. The van der Waals surface area contributed by atoms with Crippen molar-refractivity contribution >= 4 is 39.7 Å². The lowest BCUT2D eigenvalue weighted by Crippen LogP contribution is -2.33. The highest BCUT2D eigenvalue weighted by Crippen LogP contribution is 2.32. The molecule has 5 heteroatoms. The number of fused-ring (bicyclic) bond motifs is 1. The van der Waals surface area contributed by atoms with Crippen molar-refractivity contribution in [2.45, 2.75) is 39.5 Å². The molecule has 0 aliphatic heterocycles. The summed E-state index contributed by atoms with van der Waals surface area (Å²) in [6.07, 6.45) is 4.19. The highest BCUT2D eigenvalue weighted by Gasteiger charge is 2.20. The third-order valence-electron chi connectivity index (χ3n) is 4.62. The molecule has 0 bridgehead atoms. The van der Waals surface area contributed by atoms with Gasteiger partial charge >= 0.3 is 0 Å². The van der Waals surface area contributed by atoms with Crippen LogP contribution in [0.5, 0.6) is 0 Å². The second-order valence-corrected chi connectivity index (χ2v) is 8.39. The van der Waals surface area contributed by atoms with Crippen LogP contribution in [0, 0.1) is 0 Å². The van der Waals surface area contributed by atoms with E-state index in [0.29, 0.717) is 0 Å². The third-order valence-corrected chi connectivity index (χ3v) is 5.88. The summed E-state index contributed by atoms with van der Waals surface area (Å²) >= 11 is 7.60. The van der Waals surface area contributed by atoms with Crippen molar-refractivity contribution in [2.24, 2.45) is 0 Å². The number of carbonyl (C=O) groups excluding carboxylic acids is 1. The molecular formula is C22H25ClN2OS. The monoisotopic (exact) mass is 400 g/mol. The highest BCUT2D eigenvalue weighted by atomic mass is 35.5.